The lowest BCUT2D eigenvalue weighted by atomic mass is 10.1. The Morgan fingerprint density at radius 2 is 1.86 bits per heavy atom. The average molecular weight is 401 g/mol. The Labute approximate surface area is 170 Å². The number of fused-ring (bicyclic) bond motifs is 1. The largest absolute Gasteiger partial charge is 0.326 e. The minimum atomic E-state index is -0.141. The van der Waals surface area contributed by atoms with Gasteiger partial charge < -0.3 is 15.6 Å². The van der Waals surface area contributed by atoms with Gasteiger partial charge in [-0.2, -0.15) is 0 Å². The summed E-state index contributed by atoms with van der Waals surface area (Å²) in [7, 11) is 0. The van der Waals surface area contributed by atoms with Crippen LogP contribution < -0.4 is 16.2 Å². The fourth-order valence-electron chi connectivity index (χ4n) is 2.94. The number of hydrogen-bond acceptors (Lipinski definition) is 4. The molecule has 0 aliphatic rings. The van der Waals surface area contributed by atoms with Gasteiger partial charge in [0, 0.05) is 25.1 Å². The standard InChI is InChI=1S/C21H24N4O2.ClH/c1-2-22-14-15-8-3-5-10-17(15)24-20(26)13-7-12-19-23-18-11-6-4-9-16(18)21(27)25-19;/h3-6,8-11,22H,2,7,12-14H2,1H3,(H,24,26)(H,23,25,27);1H. The summed E-state index contributed by atoms with van der Waals surface area (Å²) >= 11 is 0. The molecule has 6 nitrogen and oxygen atoms in total. The number of carbonyl (C=O) groups is 1. The van der Waals surface area contributed by atoms with Crippen molar-refractivity contribution >= 4 is 34.9 Å². The Morgan fingerprint density at radius 1 is 1.11 bits per heavy atom. The van der Waals surface area contributed by atoms with Gasteiger partial charge in [0.05, 0.1) is 10.9 Å². The summed E-state index contributed by atoms with van der Waals surface area (Å²) < 4.78 is 0. The predicted molar refractivity (Wildman–Crippen MR) is 115 cm³/mol. The molecule has 3 aromatic rings. The van der Waals surface area contributed by atoms with Crippen LogP contribution in [-0.2, 0) is 17.8 Å². The van der Waals surface area contributed by atoms with Crippen LogP contribution in [0.4, 0.5) is 5.69 Å². The minimum Gasteiger partial charge on any atom is -0.326 e. The summed E-state index contributed by atoms with van der Waals surface area (Å²) in [6.45, 7) is 3.64. The van der Waals surface area contributed by atoms with Crippen LogP contribution in [0.25, 0.3) is 10.9 Å². The molecule has 3 rings (SSSR count). The summed E-state index contributed by atoms with van der Waals surface area (Å²) in [5, 5.41) is 6.82. The SMILES string of the molecule is CCNCc1ccccc1NC(=O)CCCc1nc2ccccc2c(=O)[nH]1.Cl. The fraction of sp³-hybridized carbons (Fsp3) is 0.286. The molecule has 0 radical (unpaired) electrons. The van der Waals surface area contributed by atoms with Crippen LogP contribution in [0.1, 0.15) is 31.2 Å². The van der Waals surface area contributed by atoms with E-state index < -0.39 is 0 Å². The third kappa shape index (κ3) is 5.65. The monoisotopic (exact) mass is 400 g/mol. The number of hydrogen-bond donors (Lipinski definition) is 3. The number of H-pyrrole nitrogens is 1. The predicted octanol–water partition coefficient (Wildman–Crippen LogP) is 3.42. The summed E-state index contributed by atoms with van der Waals surface area (Å²) in [5.41, 5.74) is 2.43. The van der Waals surface area contributed by atoms with Crippen molar-refractivity contribution in [2.45, 2.75) is 32.7 Å². The van der Waals surface area contributed by atoms with E-state index in [9.17, 15) is 9.59 Å². The molecule has 1 amide bonds. The van der Waals surface area contributed by atoms with E-state index in [1.165, 1.54) is 0 Å². The third-order valence-electron chi connectivity index (χ3n) is 4.34. The number of anilines is 1. The molecule has 2 aromatic carbocycles. The molecule has 0 fully saturated rings. The van der Waals surface area contributed by atoms with Crippen LogP contribution >= 0.6 is 12.4 Å². The van der Waals surface area contributed by atoms with E-state index in [4.69, 9.17) is 0 Å². The number of rotatable bonds is 8. The molecule has 1 heterocycles. The molecule has 0 saturated carbocycles. The second-order valence-electron chi connectivity index (χ2n) is 6.37. The first-order valence-electron chi connectivity index (χ1n) is 9.24. The van der Waals surface area contributed by atoms with E-state index in [1.807, 2.05) is 49.4 Å². The lowest BCUT2D eigenvalue weighted by Crippen LogP contribution is -2.17. The second-order valence-corrected chi connectivity index (χ2v) is 6.37. The topological polar surface area (TPSA) is 86.9 Å². The van der Waals surface area contributed by atoms with Crippen molar-refractivity contribution in [2.24, 2.45) is 0 Å². The van der Waals surface area contributed by atoms with Crippen molar-refractivity contribution in [1.29, 1.82) is 0 Å². The molecule has 0 atom stereocenters. The molecule has 7 heteroatoms. The number of aromatic nitrogens is 2. The Bertz CT molecular complexity index is 987. The number of nitrogens with one attached hydrogen (secondary N) is 3. The molecule has 1 aromatic heterocycles. The van der Waals surface area contributed by atoms with Gasteiger partial charge in [-0.15, -0.1) is 12.4 Å². The smallest absolute Gasteiger partial charge is 0.258 e. The molecule has 148 valence electrons. The van der Waals surface area contributed by atoms with Crippen molar-refractivity contribution < 1.29 is 4.79 Å². The molecule has 28 heavy (non-hydrogen) atoms. The van der Waals surface area contributed by atoms with E-state index in [-0.39, 0.29) is 23.9 Å². The maximum atomic E-state index is 12.3. The summed E-state index contributed by atoms with van der Waals surface area (Å²) in [5.74, 6) is 0.570. The van der Waals surface area contributed by atoms with Gasteiger partial charge in [-0.1, -0.05) is 37.3 Å². The summed E-state index contributed by atoms with van der Waals surface area (Å²) in [6.07, 6.45) is 1.53. The Morgan fingerprint density at radius 3 is 2.68 bits per heavy atom. The zero-order chi connectivity index (χ0) is 19.1. The zero-order valence-electron chi connectivity index (χ0n) is 15.8. The van der Waals surface area contributed by atoms with Crippen molar-refractivity contribution in [1.82, 2.24) is 15.3 Å². The van der Waals surface area contributed by atoms with Gasteiger partial charge in [-0.3, -0.25) is 9.59 Å². The van der Waals surface area contributed by atoms with Gasteiger partial charge >= 0.3 is 0 Å². The van der Waals surface area contributed by atoms with Gasteiger partial charge in [0.1, 0.15) is 5.82 Å². The minimum absolute atomic E-state index is 0. The van der Waals surface area contributed by atoms with Gasteiger partial charge in [-0.05, 0) is 36.7 Å². The lowest BCUT2D eigenvalue weighted by Gasteiger charge is -2.11. The summed E-state index contributed by atoms with van der Waals surface area (Å²) in [4.78, 5) is 31.6. The molecule has 0 aliphatic heterocycles. The van der Waals surface area contributed by atoms with Crippen molar-refractivity contribution in [3.63, 3.8) is 0 Å². The van der Waals surface area contributed by atoms with Gasteiger partial charge in [0.25, 0.3) is 5.56 Å². The highest BCUT2D eigenvalue weighted by atomic mass is 35.5. The third-order valence-corrected chi connectivity index (χ3v) is 4.34. The molecule has 0 bridgehead atoms. The Kier molecular flexibility index (Phi) is 8.17. The normalized spacial score (nSPS) is 10.5. The molecule has 0 spiro atoms. The molecule has 0 saturated heterocycles. The second kappa shape index (κ2) is 10.6. The van der Waals surface area contributed by atoms with Crippen LogP contribution in [0.5, 0.6) is 0 Å². The summed E-state index contributed by atoms with van der Waals surface area (Å²) in [6, 6.07) is 15.0. The van der Waals surface area contributed by atoms with Gasteiger partial charge in [0.15, 0.2) is 0 Å². The zero-order valence-corrected chi connectivity index (χ0v) is 16.6. The van der Waals surface area contributed by atoms with Crippen LogP contribution in [0, 0.1) is 0 Å². The van der Waals surface area contributed by atoms with Crippen LogP contribution in [0.3, 0.4) is 0 Å². The van der Waals surface area contributed by atoms with E-state index in [1.54, 1.807) is 6.07 Å². The number of aromatic amines is 1. The van der Waals surface area contributed by atoms with E-state index in [2.05, 4.69) is 20.6 Å². The lowest BCUT2D eigenvalue weighted by molar-refractivity contribution is -0.116. The van der Waals surface area contributed by atoms with Crippen LogP contribution in [0.15, 0.2) is 53.3 Å². The Balaban J connectivity index is 0.00000280. The van der Waals surface area contributed by atoms with E-state index in [0.29, 0.717) is 36.0 Å². The number of halogens is 1. The maximum absolute atomic E-state index is 12.3. The molecule has 0 aliphatic carbocycles. The van der Waals surface area contributed by atoms with Crippen molar-refractivity contribution in [3.8, 4) is 0 Å². The first kappa shape index (κ1) is 21.6. The van der Waals surface area contributed by atoms with Crippen molar-refractivity contribution in [2.75, 3.05) is 11.9 Å². The van der Waals surface area contributed by atoms with Crippen LogP contribution in [0.2, 0.25) is 0 Å². The molecule has 3 N–H and O–H groups in total. The highest BCUT2D eigenvalue weighted by molar-refractivity contribution is 5.91. The first-order chi connectivity index (χ1) is 13.2. The number of aryl methyl sites for hydroxylation is 1. The average Bonchev–Trinajstić information content (AvgIpc) is 2.67. The van der Waals surface area contributed by atoms with Crippen LogP contribution in [-0.4, -0.2) is 22.4 Å². The van der Waals surface area contributed by atoms with Crippen molar-refractivity contribution in [3.05, 3.63) is 70.3 Å². The van der Waals surface area contributed by atoms with E-state index in [0.717, 1.165) is 24.3 Å². The molecular weight excluding hydrogens is 376 g/mol. The first-order valence-corrected chi connectivity index (χ1v) is 9.24. The fourth-order valence-corrected chi connectivity index (χ4v) is 2.94. The van der Waals surface area contributed by atoms with E-state index >= 15 is 0 Å². The highest BCUT2D eigenvalue weighted by Crippen LogP contribution is 2.15. The number of benzene rings is 2. The molecular formula is C21H25ClN4O2. The van der Waals surface area contributed by atoms with Gasteiger partial charge in [0.2, 0.25) is 5.91 Å². The number of nitrogens with zero attached hydrogens (tertiary/aromatic N) is 1. The molecule has 0 unspecified atom stereocenters. The number of amides is 1. The maximum Gasteiger partial charge on any atom is 0.258 e. The van der Waals surface area contributed by atoms with Gasteiger partial charge in [-0.25, -0.2) is 4.98 Å². The Hall–Kier alpha value is -2.70. The highest BCUT2D eigenvalue weighted by Gasteiger charge is 2.08. The quantitative estimate of drug-likeness (QED) is 0.540. The number of carbonyl (C=O) groups excluding carboxylic acids is 1. The number of para-hydroxylation sites is 2.